The Morgan fingerprint density at radius 2 is 1.77 bits per heavy atom. The largest absolute Gasteiger partial charge is 0.476 e. The van der Waals surface area contributed by atoms with Gasteiger partial charge in [0.1, 0.15) is 5.75 Å². The van der Waals surface area contributed by atoms with Crippen molar-refractivity contribution in [1.82, 2.24) is 0 Å². The lowest BCUT2D eigenvalue weighted by molar-refractivity contribution is -0.129. The number of nitrogens with one attached hydrogen (secondary N) is 2. The molecular weight excluding hydrogens is 276 g/mol. The van der Waals surface area contributed by atoms with Crippen molar-refractivity contribution in [2.75, 3.05) is 17.7 Å². The van der Waals surface area contributed by atoms with Crippen LogP contribution in [0.5, 0.6) is 5.75 Å². The van der Waals surface area contributed by atoms with Crippen LogP contribution in [0.1, 0.15) is 62.8 Å². The van der Waals surface area contributed by atoms with Gasteiger partial charge in [-0.2, -0.15) is 0 Å². The highest BCUT2D eigenvalue weighted by Gasteiger charge is 2.36. The molecule has 2 N–H and O–H groups in total. The van der Waals surface area contributed by atoms with Crippen molar-refractivity contribution in [3.05, 3.63) is 17.7 Å². The number of benzene rings is 1. The van der Waals surface area contributed by atoms with Crippen LogP contribution in [0, 0.1) is 6.92 Å². The number of carbonyl (C=O) groups is 1. The first-order chi connectivity index (χ1) is 10.4. The van der Waals surface area contributed by atoms with Crippen molar-refractivity contribution in [2.45, 2.75) is 66.9 Å². The summed E-state index contributed by atoms with van der Waals surface area (Å²) in [6, 6.07) is 3.86. The Morgan fingerprint density at radius 1 is 1.23 bits per heavy atom. The molecule has 1 aromatic rings. The highest BCUT2D eigenvalue weighted by Crippen LogP contribution is 2.38. The van der Waals surface area contributed by atoms with E-state index in [4.69, 9.17) is 4.74 Å². The van der Waals surface area contributed by atoms with Gasteiger partial charge in [-0.25, -0.2) is 0 Å². The van der Waals surface area contributed by atoms with E-state index >= 15 is 0 Å². The molecule has 1 aromatic carbocycles. The summed E-state index contributed by atoms with van der Waals surface area (Å²) in [6.07, 6.45) is 2.64. The van der Waals surface area contributed by atoms with Crippen molar-refractivity contribution >= 4 is 17.3 Å². The summed E-state index contributed by atoms with van der Waals surface area (Å²) in [5.74, 6) is 0.635. The number of hydrogen-bond donors (Lipinski definition) is 2. The van der Waals surface area contributed by atoms with Gasteiger partial charge in [0.15, 0.2) is 5.60 Å². The molecule has 0 aromatic heterocycles. The topological polar surface area (TPSA) is 50.4 Å². The summed E-state index contributed by atoms with van der Waals surface area (Å²) in [4.78, 5) is 11.7. The van der Waals surface area contributed by atoms with Crippen LogP contribution in [0.15, 0.2) is 12.1 Å². The second-order valence-corrected chi connectivity index (χ2v) is 5.49. The van der Waals surface area contributed by atoms with Gasteiger partial charge >= 0.3 is 0 Å². The fourth-order valence-electron chi connectivity index (χ4n) is 1.72. The smallest absolute Gasteiger partial charge is 0.268 e. The summed E-state index contributed by atoms with van der Waals surface area (Å²) in [5, 5.41) is 5.91. The number of aryl methyl sites for hydroxylation is 1. The molecule has 0 spiro atoms. The zero-order valence-electron chi connectivity index (χ0n) is 15.4. The Hall–Kier alpha value is -1.71. The van der Waals surface area contributed by atoms with E-state index in [2.05, 4.69) is 24.5 Å². The van der Waals surface area contributed by atoms with E-state index in [1.54, 1.807) is 13.8 Å². The Bertz CT molecular complexity index is 490. The first-order valence-corrected chi connectivity index (χ1v) is 8.18. The zero-order chi connectivity index (χ0) is 17.3. The highest BCUT2D eigenvalue weighted by molar-refractivity contribution is 6.01. The van der Waals surface area contributed by atoms with E-state index in [0.29, 0.717) is 0 Å². The van der Waals surface area contributed by atoms with Gasteiger partial charge < -0.3 is 15.4 Å². The second-order valence-electron chi connectivity index (χ2n) is 5.49. The fourth-order valence-corrected chi connectivity index (χ4v) is 1.72. The van der Waals surface area contributed by atoms with E-state index in [1.807, 2.05) is 40.0 Å². The van der Waals surface area contributed by atoms with Gasteiger partial charge in [0.25, 0.3) is 5.91 Å². The maximum atomic E-state index is 11.7. The van der Waals surface area contributed by atoms with E-state index in [1.165, 1.54) is 12.8 Å². The van der Waals surface area contributed by atoms with Crippen LogP contribution in [-0.4, -0.2) is 18.6 Å². The van der Waals surface area contributed by atoms with Crippen LogP contribution in [0.3, 0.4) is 0 Å². The minimum Gasteiger partial charge on any atom is -0.476 e. The molecule has 0 saturated carbocycles. The van der Waals surface area contributed by atoms with Crippen LogP contribution >= 0.6 is 0 Å². The average Bonchev–Trinajstić information content (AvgIpc) is 2.51. The fraction of sp³-hybridized carbons (Fsp3) is 0.611. The van der Waals surface area contributed by atoms with Gasteiger partial charge in [0, 0.05) is 15.6 Å². The maximum absolute atomic E-state index is 11.7. The van der Waals surface area contributed by atoms with Gasteiger partial charge in [0.2, 0.25) is 0 Å². The number of carbonyl (C=O) groups excluding carboxylic acids is 1. The third-order valence-corrected chi connectivity index (χ3v) is 3.22. The minimum atomic E-state index is -0.807. The lowest BCUT2D eigenvalue weighted by Gasteiger charge is -2.32. The maximum Gasteiger partial charge on any atom is 0.268 e. The van der Waals surface area contributed by atoms with Crippen molar-refractivity contribution < 1.29 is 12.4 Å². The zero-order valence-corrected chi connectivity index (χ0v) is 15.4. The van der Waals surface area contributed by atoms with Gasteiger partial charge in [-0.05, 0) is 38.5 Å². The van der Waals surface area contributed by atoms with Gasteiger partial charge in [-0.3, -0.25) is 4.79 Å². The number of fused-ring (bicyclic) bond motifs is 1. The monoisotopic (exact) mass is 312 g/mol. The number of ether oxygens (including phenoxy) is 1. The van der Waals surface area contributed by atoms with Crippen molar-refractivity contribution in [1.29, 1.82) is 0 Å². The molecule has 22 heavy (non-hydrogen) atoms. The van der Waals surface area contributed by atoms with Crippen LogP contribution < -0.4 is 15.4 Å². The molecule has 0 unspecified atom stereocenters. The lowest BCUT2D eigenvalue weighted by atomic mass is 10.0. The van der Waals surface area contributed by atoms with E-state index in [-0.39, 0.29) is 8.76 Å². The van der Waals surface area contributed by atoms with E-state index in [0.717, 1.165) is 22.7 Å². The number of rotatable bonds is 2. The van der Waals surface area contributed by atoms with Crippen LogP contribution in [0.2, 0.25) is 0 Å². The number of amides is 1. The van der Waals surface area contributed by atoms with Gasteiger partial charge in [-0.1, -0.05) is 40.5 Å². The summed E-state index contributed by atoms with van der Waals surface area (Å²) >= 11 is 0. The number of unbranched alkanes of at least 4 members (excludes halogenated alkanes) is 1. The van der Waals surface area contributed by atoms with Crippen LogP contribution in [-0.2, 0) is 4.79 Å². The predicted molar refractivity (Wildman–Crippen MR) is 100 cm³/mol. The molecule has 130 valence electrons. The molecule has 1 amide bonds. The molecule has 0 bridgehead atoms. The van der Waals surface area contributed by atoms with Crippen molar-refractivity contribution in [3.8, 4) is 5.75 Å². The van der Waals surface area contributed by atoms with Crippen LogP contribution in [0.4, 0.5) is 11.4 Å². The first kappa shape index (κ1) is 20.3. The molecule has 0 saturated heterocycles. The predicted octanol–water partition coefficient (Wildman–Crippen LogP) is 5.47. The molecule has 2 rings (SSSR count). The minimum absolute atomic E-state index is 0. The Balaban J connectivity index is -0.000000487. The molecule has 0 aliphatic carbocycles. The summed E-state index contributed by atoms with van der Waals surface area (Å²) in [6.45, 7) is 13.8. The van der Waals surface area contributed by atoms with Crippen LogP contribution in [0.25, 0.3) is 0 Å². The summed E-state index contributed by atoms with van der Waals surface area (Å²) < 4.78 is 5.72. The van der Waals surface area contributed by atoms with Crippen molar-refractivity contribution in [2.24, 2.45) is 0 Å². The number of hydrogen-bond acceptors (Lipinski definition) is 3. The molecule has 0 atom stereocenters. The van der Waals surface area contributed by atoms with Gasteiger partial charge in [0.05, 0.1) is 5.69 Å². The highest BCUT2D eigenvalue weighted by atomic mass is 16.5. The lowest BCUT2D eigenvalue weighted by Crippen LogP contribution is -2.45. The molecule has 1 aliphatic heterocycles. The third kappa shape index (κ3) is 5.24. The molecular formula is C18H36N2O2. The summed E-state index contributed by atoms with van der Waals surface area (Å²) in [5.41, 5.74) is 1.89. The molecule has 1 aliphatic rings. The first-order valence-electron chi connectivity index (χ1n) is 8.18. The Kier molecular flexibility index (Phi) is 8.61. The van der Waals surface area contributed by atoms with E-state index in [9.17, 15) is 4.79 Å². The normalized spacial score (nSPS) is 14.1. The second kappa shape index (κ2) is 9.34. The third-order valence-electron chi connectivity index (χ3n) is 3.22. The molecule has 4 heteroatoms. The van der Waals surface area contributed by atoms with Gasteiger partial charge in [-0.15, -0.1) is 0 Å². The molecule has 0 radical (unpaired) electrons. The molecule has 0 fully saturated rings. The standard InChI is InChI=1S/C12H16N2O2.C4H10.C2H6.2H2/c1-7-5-8(13-4)6-9-10(7)16-12(2,3)11(15)14-9;1-3-4-2;1-2;;/h5-6,13H,1-4H3,(H,14,15);3-4H2,1-2H3;1-2H3;2*1H. The SMILES string of the molecule is CC.CCCC.CNc1cc(C)c2c(c1)NC(=O)C(C)(C)O2.[HH].[HH]. The molecule has 1 heterocycles. The Morgan fingerprint density at radius 3 is 2.23 bits per heavy atom. The van der Waals surface area contributed by atoms with Crippen molar-refractivity contribution in [3.63, 3.8) is 0 Å². The summed E-state index contributed by atoms with van der Waals surface area (Å²) in [7, 11) is 1.84. The van der Waals surface area contributed by atoms with E-state index < -0.39 is 5.60 Å². The quantitative estimate of drug-likeness (QED) is 0.761. The average molecular weight is 312 g/mol. The number of anilines is 2. The molecule has 4 nitrogen and oxygen atoms in total. The Labute approximate surface area is 138 Å².